The predicted molar refractivity (Wildman–Crippen MR) is 76.1 cm³/mol. The molecule has 3 atom stereocenters. The number of nitroso groups, excluding NO2 is 1. The van der Waals surface area contributed by atoms with E-state index < -0.39 is 12.1 Å². The molecule has 0 radical (unpaired) electrons. The minimum atomic E-state index is -0.733. The topological polar surface area (TPSA) is 79.1 Å². The van der Waals surface area contributed by atoms with E-state index in [0.717, 1.165) is 12.8 Å². The number of rotatable bonds is 13. The van der Waals surface area contributed by atoms with Crippen molar-refractivity contribution in [3.8, 4) is 0 Å². The van der Waals surface area contributed by atoms with Crippen molar-refractivity contribution in [2.75, 3.05) is 13.2 Å². The van der Waals surface area contributed by atoms with Gasteiger partial charge in [-0.3, -0.25) is 0 Å². The molecule has 0 aliphatic rings. The number of hydrogen-bond donors (Lipinski definition) is 2. The highest BCUT2D eigenvalue weighted by Gasteiger charge is 2.16. The second kappa shape index (κ2) is 12.5. The number of nitrogens with zero attached hydrogens (tertiary/aromatic N) is 1. The van der Waals surface area contributed by atoms with Crippen molar-refractivity contribution in [2.24, 2.45) is 5.18 Å². The number of ether oxygens (including phenoxy) is 1. The first kappa shape index (κ1) is 18.5. The van der Waals surface area contributed by atoms with Gasteiger partial charge in [0.15, 0.2) is 0 Å². The van der Waals surface area contributed by atoms with Gasteiger partial charge in [0.05, 0.1) is 25.4 Å². The van der Waals surface area contributed by atoms with Crippen molar-refractivity contribution >= 4 is 0 Å². The van der Waals surface area contributed by atoms with E-state index in [-0.39, 0.29) is 19.3 Å². The van der Waals surface area contributed by atoms with Crippen LogP contribution in [-0.2, 0) is 4.74 Å². The van der Waals surface area contributed by atoms with E-state index in [1.54, 1.807) is 6.92 Å². The molecule has 0 amide bonds. The summed E-state index contributed by atoms with van der Waals surface area (Å²) in [6, 6.07) is -0.733. The summed E-state index contributed by atoms with van der Waals surface area (Å²) in [5.74, 6) is 0. The summed E-state index contributed by atoms with van der Waals surface area (Å²) < 4.78 is 5.34. The van der Waals surface area contributed by atoms with Gasteiger partial charge in [-0.05, 0) is 13.3 Å². The van der Waals surface area contributed by atoms with Crippen molar-refractivity contribution in [3.63, 3.8) is 0 Å². The van der Waals surface area contributed by atoms with Crippen LogP contribution in [0, 0.1) is 4.91 Å². The van der Waals surface area contributed by atoms with Crippen LogP contribution < -0.4 is 0 Å². The second-order valence-electron chi connectivity index (χ2n) is 5.10. The van der Waals surface area contributed by atoms with Crippen molar-refractivity contribution in [2.45, 2.75) is 77.0 Å². The molecule has 114 valence electrons. The molecule has 0 aliphatic carbocycles. The smallest absolute Gasteiger partial charge is 0.138 e. The van der Waals surface area contributed by atoms with Gasteiger partial charge in [0, 0.05) is 0 Å². The summed E-state index contributed by atoms with van der Waals surface area (Å²) in [5.41, 5.74) is 0. The molecule has 3 unspecified atom stereocenters. The summed E-state index contributed by atoms with van der Waals surface area (Å²) in [4.78, 5) is 10.3. The van der Waals surface area contributed by atoms with Crippen LogP contribution in [-0.4, -0.2) is 41.7 Å². The molecular weight excluding hydrogens is 246 g/mol. The lowest BCUT2D eigenvalue weighted by Crippen LogP contribution is -2.30. The van der Waals surface area contributed by atoms with Gasteiger partial charge >= 0.3 is 0 Å². The Bertz CT molecular complexity index is 214. The Kier molecular flexibility index (Phi) is 12.2. The van der Waals surface area contributed by atoms with E-state index in [0.29, 0.717) is 6.42 Å². The summed E-state index contributed by atoms with van der Waals surface area (Å²) in [5, 5.41) is 21.4. The van der Waals surface area contributed by atoms with Gasteiger partial charge in [-0.2, -0.15) is 4.91 Å². The average Bonchev–Trinajstić information content (AvgIpc) is 2.43. The molecule has 0 saturated carbocycles. The molecule has 5 heteroatoms. The van der Waals surface area contributed by atoms with Gasteiger partial charge in [0.25, 0.3) is 0 Å². The molecule has 0 rings (SSSR count). The highest BCUT2D eigenvalue weighted by molar-refractivity contribution is 4.68. The Balaban J connectivity index is 3.58. The fraction of sp³-hybridized carbons (Fsp3) is 1.00. The zero-order valence-corrected chi connectivity index (χ0v) is 12.3. The summed E-state index contributed by atoms with van der Waals surface area (Å²) in [7, 11) is 0. The minimum Gasteiger partial charge on any atom is -0.394 e. The number of unbranched alkanes of at least 4 members (excludes halogenated alkanes) is 5. The molecule has 0 aromatic heterocycles. The normalized spacial score (nSPS) is 16.0. The van der Waals surface area contributed by atoms with Crippen molar-refractivity contribution < 1.29 is 14.9 Å². The first-order valence-corrected chi connectivity index (χ1v) is 7.38. The van der Waals surface area contributed by atoms with Crippen LogP contribution in [0.1, 0.15) is 58.8 Å². The average molecular weight is 275 g/mol. The third kappa shape index (κ3) is 9.99. The molecule has 0 aromatic rings. The van der Waals surface area contributed by atoms with E-state index in [1.165, 1.54) is 25.7 Å². The highest BCUT2D eigenvalue weighted by Crippen LogP contribution is 2.12. The van der Waals surface area contributed by atoms with Gasteiger partial charge in [-0.15, -0.1) is 0 Å². The monoisotopic (exact) mass is 275 g/mol. The Morgan fingerprint density at radius 3 is 2.37 bits per heavy atom. The van der Waals surface area contributed by atoms with Gasteiger partial charge in [-0.1, -0.05) is 50.6 Å². The first-order valence-electron chi connectivity index (χ1n) is 7.38. The Morgan fingerprint density at radius 2 is 1.79 bits per heavy atom. The molecule has 0 spiro atoms. The standard InChI is InChI=1S/C14H29NO4/c1-3-4-5-6-7-8-9-14(17)12(2)19-11-13(10-16)15-18/h12-14,16-17H,3-11H2,1-2H3. The zero-order chi connectivity index (χ0) is 14.5. The minimum absolute atomic E-state index is 0.0642. The van der Waals surface area contributed by atoms with Crippen LogP contribution in [0.4, 0.5) is 0 Å². The largest absolute Gasteiger partial charge is 0.394 e. The summed E-state index contributed by atoms with van der Waals surface area (Å²) in [6.07, 6.45) is 7.01. The fourth-order valence-corrected chi connectivity index (χ4v) is 1.86. The van der Waals surface area contributed by atoms with Crippen molar-refractivity contribution in [1.29, 1.82) is 0 Å². The summed E-state index contributed by atoms with van der Waals surface area (Å²) in [6.45, 7) is 3.72. The van der Waals surface area contributed by atoms with Crippen molar-refractivity contribution in [3.05, 3.63) is 4.91 Å². The summed E-state index contributed by atoms with van der Waals surface area (Å²) >= 11 is 0. The van der Waals surface area contributed by atoms with E-state index >= 15 is 0 Å². The molecule has 0 fully saturated rings. The lowest BCUT2D eigenvalue weighted by atomic mass is 10.0. The van der Waals surface area contributed by atoms with Crippen LogP contribution in [0.5, 0.6) is 0 Å². The predicted octanol–water partition coefficient (Wildman–Crippen LogP) is 2.63. The Morgan fingerprint density at radius 1 is 1.16 bits per heavy atom. The first-order chi connectivity index (χ1) is 9.15. The number of aliphatic hydroxyl groups excluding tert-OH is 2. The maximum absolute atomic E-state index is 10.3. The quantitative estimate of drug-likeness (QED) is 0.400. The Hall–Kier alpha value is -0.520. The highest BCUT2D eigenvalue weighted by atomic mass is 16.5. The number of hydrogen-bond acceptors (Lipinski definition) is 5. The van der Waals surface area contributed by atoms with Crippen LogP contribution in [0.25, 0.3) is 0 Å². The molecule has 0 bridgehead atoms. The molecule has 0 aliphatic heterocycles. The number of aliphatic hydroxyl groups is 2. The van der Waals surface area contributed by atoms with Gasteiger partial charge in [0.2, 0.25) is 0 Å². The maximum atomic E-state index is 10.3. The molecule has 0 aromatic carbocycles. The molecule has 19 heavy (non-hydrogen) atoms. The Labute approximate surface area is 116 Å². The third-order valence-electron chi connectivity index (χ3n) is 3.31. The van der Waals surface area contributed by atoms with Crippen molar-refractivity contribution in [1.82, 2.24) is 0 Å². The lowest BCUT2D eigenvalue weighted by molar-refractivity contribution is -0.0383. The molecule has 0 heterocycles. The van der Waals surface area contributed by atoms with E-state index in [9.17, 15) is 10.0 Å². The van der Waals surface area contributed by atoms with Crippen LogP contribution in [0.3, 0.4) is 0 Å². The van der Waals surface area contributed by atoms with Crippen LogP contribution in [0.15, 0.2) is 5.18 Å². The zero-order valence-electron chi connectivity index (χ0n) is 12.3. The lowest BCUT2D eigenvalue weighted by Gasteiger charge is -2.20. The third-order valence-corrected chi connectivity index (χ3v) is 3.31. The fourth-order valence-electron chi connectivity index (χ4n) is 1.86. The molecular formula is C14H29NO4. The molecule has 5 nitrogen and oxygen atoms in total. The van der Waals surface area contributed by atoms with E-state index in [4.69, 9.17) is 9.84 Å². The van der Waals surface area contributed by atoms with E-state index in [1.807, 2.05) is 0 Å². The molecule has 2 N–H and O–H groups in total. The van der Waals surface area contributed by atoms with Gasteiger partial charge in [0.1, 0.15) is 6.04 Å². The molecule has 0 saturated heterocycles. The second-order valence-corrected chi connectivity index (χ2v) is 5.10. The van der Waals surface area contributed by atoms with Gasteiger partial charge in [-0.25, -0.2) is 0 Å². The maximum Gasteiger partial charge on any atom is 0.138 e. The van der Waals surface area contributed by atoms with Gasteiger partial charge < -0.3 is 14.9 Å². The van der Waals surface area contributed by atoms with E-state index in [2.05, 4.69) is 12.1 Å². The SMILES string of the molecule is CCCCCCCCC(O)C(C)OCC(CO)N=O. The van der Waals surface area contributed by atoms with Crippen LogP contribution in [0.2, 0.25) is 0 Å². The van der Waals surface area contributed by atoms with Crippen LogP contribution >= 0.6 is 0 Å².